The van der Waals surface area contributed by atoms with E-state index in [0.717, 1.165) is 11.1 Å². The van der Waals surface area contributed by atoms with Gasteiger partial charge in [-0.2, -0.15) is 0 Å². The van der Waals surface area contributed by atoms with Gasteiger partial charge in [0.1, 0.15) is 16.7 Å². The summed E-state index contributed by atoms with van der Waals surface area (Å²) in [5, 5.41) is 3.22. The van der Waals surface area contributed by atoms with Gasteiger partial charge in [-0.15, -0.1) is 11.8 Å². The Balaban J connectivity index is 1.85. The molecule has 0 spiro atoms. The first-order valence-corrected chi connectivity index (χ1v) is 12.7. The van der Waals surface area contributed by atoms with Crippen LogP contribution in [0.4, 0.5) is 0 Å². The predicted molar refractivity (Wildman–Crippen MR) is 127 cm³/mol. The van der Waals surface area contributed by atoms with Crippen molar-refractivity contribution in [2.24, 2.45) is 0 Å². The highest BCUT2D eigenvalue weighted by Crippen LogP contribution is 2.47. The van der Waals surface area contributed by atoms with Crippen molar-refractivity contribution in [3.05, 3.63) is 46.1 Å². The van der Waals surface area contributed by atoms with Crippen molar-refractivity contribution in [2.45, 2.75) is 50.8 Å². The molecule has 1 aromatic carbocycles. The minimum atomic E-state index is -1.53. The lowest BCUT2D eigenvalue weighted by molar-refractivity contribution is -0.198. The van der Waals surface area contributed by atoms with E-state index in [9.17, 15) is 14.4 Å². The summed E-state index contributed by atoms with van der Waals surface area (Å²) in [6.45, 7) is 7.29. The van der Waals surface area contributed by atoms with Gasteiger partial charge < -0.3 is 14.8 Å². The van der Waals surface area contributed by atoms with E-state index in [1.165, 1.54) is 16.7 Å². The van der Waals surface area contributed by atoms with E-state index in [0.29, 0.717) is 16.1 Å². The third-order valence-electron chi connectivity index (χ3n) is 4.84. The zero-order chi connectivity index (χ0) is 23.7. The quantitative estimate of drug-likeness (QED) is 0.244. The van der Waals surface area contributed by atoms with E-state index in [2.05, 4.69) is 21.2 Å². The van der Waals surface area contributed by atoms with Crippen molar-refractivity contribution < 1.29 is 23.9 Å². The number of nitrogens with one attached hydrogen (secondary N) is 1. The molecule has 10 heteroatoms. The van der Waals surface area contributed by atoms with Crippen LogP contribution >= 0.6 is 39.3 Å². The topological polar surface area (TPSA) is 84.9 Å². The third-order valence-corrected chi connectivity index (χ3v) is 7.14. The maximum Gasteiger partial charge on any atom is 0.355 e. The molecule has 2 atom stereocenters. The number of hydrogen-bond acceptors (Lipinski definition) is 6. The summed E-state index contributed by atoms with van der Waals surface area (Å²) in [4.78, 5) is 40.5. The van der Waals surface area contributed by atoms with Gasteiger partial charge in [-0.25, -0.2) is 4.79 Å². The average Bonchev–Trinajstić information content (AvgIpc) is 2.72. The van der Waals surface area contributed by atoms with Gasteiger partial charge in [0.05, 0.1) is 6.42 Å². The van der Waals surface area contributed by atoms with Crippen LogP contribution in [0, 0.1) is 0 Å². The van der Waals surface area contributed by atoms with Crippen LogP contribution in [0.1, 0.15) is 33.3 Å². The molecule has 0 radical (unpaired) electrons. The number of hydrogen-bond donors (Lipinski definition) is 1. The Morgan fingerprint density at radius 2 is 1.97 bits per heavy atom. The molecule has 0 aliphatic carbocycles. The standard InChI is InChI=1S/C22H26BrClN2O5S/c1-5-30-22(25-16(27)10-13-6-8-15(24)9-7-13)19(29)26-17(18(28)31-21(2,3)4)14(11-23)12-32-20(22)26/h6-9,20H,5,10-12H2,1-4H3,(H,25,27)/t20-,22?/m1/s1. The van der Waals surface area contributed by atoms with Crippen LogP contribution in [-0.2, 0) is 30.3 Å². The Hall–Kier alpha value is -1.55. The second-order valence-electron chi connectivity index (χ2n) is 8.45. The molecule has 0 aromatic heterocycles. The molecule has 0 saturated carbocycles. The molecule has 1 fully saturated rings. The Kier molecular flexibility index (Phi) is 7.64. The number of thioether (sulfide) groups is 1. The Labute approximate surface area is 205 Å². The number of amides is 2. The fraction of sp³-hybridized carbons (Fsp3) is 0.500. The lowest BCUT2D eigenvalue weighted by Gasteiger charge is -2.56. The van der Waals surface area contributed by atoms with Gasteiger partial charge in [-0.3, -0.25) is 14.5 Å². The summed E-state index contributed by atoms with van der Waals surface area (Å²) >= 11 is 10.8. The van der Waals surface area contributed by atoms with Crippen LogP contribution in [0.5, 0.6) is 0 Å². The number of alkyl halides is 1. The molecule has 174 valence electrons. The van der Waals surface area contributed by atoms with Crippen LogP contribution in [0.2, 0.25) is 5.02 Å². The highest BCUT2D eigenvalue weighted by molar-refractivity contribution is 9.09. The summed E-state index contributed by atoms with van der Waals surface area (Å²) in [6, 6.07) is 6.92. The number of ether oxygens (including phenoxy) is 2. The first-order valence-electron chi connectivity index (χ1n) is 10.2. The second kappa shape index (κ2) is 9.75. The summed E-state index contributed by atoms with van der Waals surface area (Å²) < 4.78 is 11.4. The Bertz CT molecular complexity index is 947. The minimum absolute atomic E-state index is 0.0675. The molecule has 2 amide bonds. The first-order chi connectivity index (χ1) is 15.0. The van der Waals surface area contributed by atoms with Crippen LogP contribution < -0.4 is 5.32 Å². The fourth-order valence-corrected chi connectivity index (χ4v) is 5.82. The molecule has 1 unspecified atom stereocenters. The number of esters is 1. The molecular formula is C22H26BrClN2O5S. The minimum Gasteiger partial charge on any atom is -0.455 e. The van der Waals surface area contributed by atoms with Crippen molar-refractivity contribution in [2.75, 3.05) is 17.7 Å². The van der Waals surface area contributed by atoms with Gasteiger partial charge in [0, 0.05) is 22.7 Å². The summed E-state index contributed by atoms with van der Waals surface area (Å²) in [5.74, 6) is -0.914. The molecule has 0 bridgehead atoms. The van der Waals surface area contributed by atoms with E-state index in [1.807, 2.05) is 0 Å². The maximum absolute atomic E-state index is 13.4. The smallest absolute Gasteiger partial charge is 0.355 e. The molecule has 1 N–H and O–H groups in total. The number of benzene rings is 1. The highest BCUT2D eigenvalue weighted by atomic mass is 79.9. The third kappa shape index (κ3) is 5.00. The first kappa shape index (κ1) is 25.1. The molecule has 32 heavy (non-hydrogen) atoms. The number of nitrogens with zero attached hydrogens (tertiary/aromatic N) is 1. The van der Waals surface area contributed by atoms with Crippen LogP contribution in [-0.4, -0.2) is 57.1 Å². The van der Waals surface area contributed by atoms with Gasteiger partial charge in [0.2, 0.25) is 5.91 Å². The van der Waals surface area contributed by atoms with Gasteiger partial charge in [-0.05, 0) is 51.0 Å². The van der Waals surface area contributed by atoms with Crippen molar-refractivity contribution in [3.8, 4) is 0 Å². The lowest BCUT2D eigenvalue weighted by Crippen LogP contribution is -2.81. The Morgan fingerprint density at radius 3 is 2.53 bits per heavy atom. The molecule has 1 saturated heterocycles. The molecule has 3 rings (SSSR count). The lowest BCUT2D eigenvalue weighted by atomic mass is 9.97. The maximum atomic E-state index is 13.4. The van der Waals surface area contributed by atoms with Gasteiger partial charge in [0.25, 0.3) is 11.6 Å². The van der Waals surface area contributed by atoms with Crippen molar-refractivity contribution in [3.63, 3.8) is 0 Å². The van der Waals surface area contributed by atoms with E-state index in [4.69, 9.17) is 21.1 Å². The van der Waals surface area contributed by atoms with E-state index >= 15 is 0 Å². The van der Waals surface area contributed by atoms with Crippen molar-refractivity contribution >= 4 is 57.1 Å². The average molecular weight is 546 g/mol. The second-order valence-corrected chi connectivity index (χ2v) is 10.5. The SMILES string of the molecule is CCOC1(NC(=O)Cc2ccc(Cl)cc2)C(=O)N2C(C(=O)OC(C)(C)C)=C(CBr)CS[C@@H]21. The molecule has 2 heterocycles. The van der Waals surface area contributed by atoms with Gasteiger partial charge in [-0.1, -0.05) is 39.7 Å². The van der Waals surface area contributed by atoms with Gasteiger partial charge >= 0.3 is 5.97 Å². The number of fused-ring (bicyclic) bond motifs is 1. The molecular weight excluding hydrogens is 520 g/mol. The fourth-order valence-electron chi connectivity index (χ4n) is 3.56. The number of β-lactam (4-membered cyclic amide) rings is 1. The van der Waals surface area contributed by atoms with Crippen LogP contribution in [0.15, 0.2) is 35.5 Å². The van der Waals surface area contributed by atoms with Crippen LogP contribution in [0.3, 0.4) is 0 Å². The van der Waals surface area contributed by atoms with Crippen LogP contribution in [0.25, 0.3) is 0 Å². The van der Waals surface area contributed by atoms with Crippen molar-refractivity contribution in [1.29, 1.82) is 0 Å². The molecule has 2 aliphatic heterocycles. The largest absolute Gasteiger partial charge is 0.455 e. The summed E-state index contributed by atoms with van der Waals surface area (Å²) in [6.07, 6.45) is 0.0675. The number of carbonyl (C=O) groups excluding carboxylic acids is 3. The zero-order valence-corrected chi connectivity index (χ0v) is 21.5. The van der Waals surface area contributed by atoms with E-state index in [-0.39, 0.29) is 24.6 Å². The predicted octanol–water partition coefficient (Wildman–Crippen LogP) is 3.64. The monoisotopic (exact) mass is 544 g/mol. The van der Waals surface area contributed by atoms with E-state index < -0.39 is 28.6 Å². The Morgan fingerprint density at radius 1 is 1.31 bits per heavy atom. The number of rotatable bonds is 7. The molecule has 1 aromatic rings. The molecule has 2 aliphatic rings. The van der Waals surface area contributed by atoms with Crippen molar-refractivity contribution in [1.82, 2.24) is 10.2 Å². The number of carbonyl (C=O) groups is 3. The number of halogens is 2. The molecule has 7 nitrogen and oxygen atoms in total. The zero-order valence-electron chi connectivity index (χ0n) is 18.4. The van der Waals surface area contributed by atoms with E-state index in [1.54, 1.807) is 52.0 Å². The van der Waals surface area contributed by atoms with Gasteiger partial charge in [0.15, 0.2) is 0 Å². The normalized spacial score (nSPS) is 22.9. The summed E-state index contributed by atoms with van der Waals surface area (Å²) in [7, 11) is 0. The highest BCUT2D eigenvalue weighted by Gasteiger charge is 2.67. The summed E-state index contributed by atoms with van der Waals surface area (Å²) in [5.41, 5.74) is -0.512.